The third-order valence-electron chi connectivity index (χ3n) is 7.75. The first-order valence-corrected chi connectivity index (χ1v) is 14.1. The van der Waals surface area contributed by atoms with Crippen LogP contribution in [0.3, 0.4) is 0 Å². The van der Waals surface area contributed by atoms with Crippen molar-refractivity contribution in [3.63, 3.8) is 0 Å². The summed E-state index contributed by atoms with van der Waals surface area (Å²) >= 11 is 0. The molecule has 1 aliphatic rings. The molecule has 2 heteroatoms. The number of para-hydroxylation sites is 1. The van der Waals surface area contributed by atoms with Gasteiger partial charge in [-0.05, 0) is 74.9 Å². The summed E-state index contributed by atoms with van der Waals surface area (Å²) in [6, 6.07) is 30.7. The Bertz CT molecular complexity index is 1430. The Hall–Kier alpha value is -3.65. The average molecular weight is 501 g/mol. The summed E-state index contributed by atoms with van der Waals surface area (Å²) in [6.07, 6.45) is 3.23. The van der Waals surface area contributed by atoms with Gasteiger partial charge in [0.1, 0.15) is 0 Å². The van der Waals surface area contributed by atoms with Gasteiger partial charge in [0.25, 0.3) is 0 Å². The minimum atomic E-state index is -0.0599. The van der Waals surface area contributed by atoms with Crippen molar-refractivity contribution in [2.75, 3.05) is 5.32 Å². The van der Waals surface area contributed by atoms with Gasteiger partial charge in [-0.1, -0.05) is 114 Å². The lowest BCUT2D eigenvalue weighted by molar-refractivity contribution is 0.787. The number of benzene rings is 3. The number of allylic oxidation sites excluding steroid dienone is 1. The van der Waals surface area contributed by atoms with Crippen molar-refractivity contribution in [2.45, 2.75) is 71.8 Å². The zero-order valence-electron chi connectivity index (χ0n) is 23.6. The van der Waals surface area contributed by atoms with Crippen LogP contribution in [0.1, 0.15) is 110 Å². The lowest BCUT2D eigenvalue weighted by Crippen LogP contribution is -2.19. The fourth-order valence-corrected chi connectivity index (χ4v) is 5.71. The minimum absolute atomic E-state index is 0.0599. The summed E-state index contributed by atoms with van der Waals surface area (Å²) in [4.78, 5) is 5.33. The summed E-state index contributed by atoms with van der Waals surface area (Å²) in [5.41, 5.74) is 12.7. The predicted octanol–water partition coefficient (Wildman–Crippen LogP) is 9.75. The van der Waals surface area contributed by atoms with Crippen LogP contribution in [0.2, 0.25) is 0 Å². The molecule has 0 fully saturated rings. The van der Waals surface area contributed by atoms with Crippen molar-refractivity contribution >= 4 is 17.3 Å². The molecule has 1 heterocycles. The van der Waals surface area contributed by atoms with Crippen LogP contribution in [-0.4, -0.2) is 4.98 Å². The normalized spacial score (nSPS) is 13.7. The third kappa shape index (κ3) is 5.18. The first kappa shape index (κ1) is 26.0. The lowest BCUT2D eigenvalue weighted by Gasteiger charge is -2.29. The van der Waals surface area contributed by atoms with Gasteiger partial charge in [0.15, 0.2) is 0 Å². The van der Waals surface area contributed by atoms with Crippen molar-refractivity contribution in [1.29, 1.82) is 0 Å². The minimum Gasteiger partial charge on any atom is -0.372 e. The van der Waals surface area contributed by atoms with E-state index in [-0.39, 0.29) is 6.04 Å². The Kier molecular flexibility index (Phi) is 7.51. The molecule has 1 N–H and O–H groups in total. The standard InChI is InChI=1S/C36H40N2/c1-23(2)29-15-9-10-16-32(29)36(38-35-30(24(3)4)17-11-18-31(35)25(5)6)34-20-12-19-33(37-34)28-21-26-13-7-8-14-27(26)22-28/h7-21,23-25,36,38H,22H2,1-6H3. The maximum Gasteiger partial charge on any atom is 0.0943 e. The molecule has 5 rings (SSSR count). The van der Waals surface area contributed by atoms with Crippen LogP contribution in [-0.2, 0) is 6.42 Å². The molecule has 3 aromatic carbocycles. The number of hydrogen-bond acceptors (Lipinski definition) is 2. The maximum absolute atomic E-state index is 5.33. The smallest absolute Gasteiger partial charge is 0.0943 e. The zero-order chi connectivity index (χ0) is 26.8. The Labute approximate surface area is 228 Å². The Morgan fingerprint density at radius 1 is 0.605 bits per heavy atom. The molecule has 1 atom stereocenters. The van der Waals surface area contributed by atoms with Crippen LogP contribution in [0, 0.1) is 0 Å². The highest BCUT2D eigenvalue weighted by atomic mass is 15.0. The molecule has 4 aromatic rings. The van der Waals surface area contributed by atoms with E-state index in [4.69, 9.17) is 4.98 Å². The van der Waals surface area contributed by atoms with Gasteiger partial charge in [-0.25, -0.2) is 0 Å². The number of nitrogens with one attached hydrogen (secondary N) is 1. The molecule has 2 nitrogen and oxygen atoms in total. The average Bonchev–Trinajstić information content (AvgIpc) is 3.36. The molecular weight excluding hydrogens is 460 g/mol. The van der Waals surface area contributed by atoms with Crippen LogP contribution >= 0.6 is 0 Å². The highest BCUT2D eigenvalue weighted by Gasteiger charge is 2.25. The number of pyridine rings is 1. The summed E-state index contributed by atoms with van der Waals surface area (Å²) < 4.78 is 0. The van der Waals surface area contributed by atoms with Crippen LogP contribution in [0.25, 0.3) is 11.6 Å². The Morgan fingerprint density at radius 2 is 1.18 bits per heavy atom. The van der Waals surface area contributed by atoms with E-state index in [2.05, 4.69) is 138 Å². The SMILES string of the molecule is CC(C)c1ccccc1C(Nc1c(C(C)C)cccc1C(C)C)c1cccc(C2=Cc3ccccc3C2)n1. The summed E-state index contributed by atoms with van der Waals surface area (Å²) in [6.45, 7) is 13.7. The number of hydrogen-bond donors (Lipinski definition) is 1. The van der Waals surface area contributed by atoms with Crippen molar-refractivity contribution in [2.24, 2.45) is 0 Å². The molecule has 0 saturated carbocycles. The molecule has 1 aromatic heterocycles. The van der Waals surface area contributed by atoms with Gasteiger partial charge >= 0.3 is 0 Å². The molecule has 38 heavy (non-hydrogen) atoms. The summed E-state index contributed by atoms with van der Waals surface area (Å²) in [5, 5.41) is 4.06. The van der Waals surface area contributed by atoms with E-state index in [9.17, 15) is 0 Å². The number of nitrogens with zero attached hydrogens (tertiary/aromatic N) is 1. The van der Waals surface area contributed by atoms with E-state index in [1.807, 2.05) is 0 Å². The Balaban J connectivity index is 1.64. The van der Waals surface area contributed by atoms with Gasteiger partial charge in [-0.3, -0.25) is 4.98 Å². The first-order chi connectivity index (χ1) is 18.3. The fourth-order valence-electron chi connectivity index (χ4n) is 5.71. The summed E-state index contributed by atoms with van der Waals surface area (Å²) in [7, 11) is 0. The molecule has 0 radical (unpaired) electrons. The van der Waals surface area contributed by atoms with E-state index in [1.54, 1.807) is 0 Å². The predicted molar refractivity (Wildman–Crippen MR) is 163 cm³/mol. The van der Waals surface area contributed by atoms with Gasteiger partial charge < -0.3 is 5.32 Å². The van der Waals surface area contributed by atoms with Crippen LogP contribution in [0.15, 0.2) is 84.9 Å². The molecule has 1 unspecified atom stereocenters. The molecule has 0 spiro atoms. The fraction of sp³-hybridized carbons (Fsp3) is 0.306. The van der Waals surface area contributed by atoms with E-state index >= 15 is 0 Å². The molecule has 0 saturated heterocycles. The highest BCUT2D eigenvalue weighted by molar-refractivity contribution is 5.87. The maximum atomic E-state index is 5.33. The van der Waals surface area contributed by atoms with E-state index in [0.717, 1.165) is 17.8 Å². The zero-order valence-corrected chi connectivity index (χ0v) is 23.6. The molecular formula is C36H40N2. The topological polar surface area (TPSA) is 24.9 Å². The third-order valence-corrected chi connectivity index (χ3v) is 7.75. The van der Waals surface area contributed by atoms with Gasteiger partial charge in [-0.15, -0.1) is 0 Å². The first-order valence-electron chi connectivity index (χ1n) is 14.1. The molecule has 0 bridgehead atoms. The van der Waals surface area contributed by atoms with E-state index in [0.29, 0.717) is 17.8 Å². The van der Waals surface area contributed by atoms with Crippen LogP contribution < -0.4 is 5.32 Å². The Morgan fingerprint density at radius 3 is 1.84 bits per heavy atom. The van der Waals surface area contributed by atoms with E-state index in [1.165, 1.54) is 44.6 Å². The van der Waals surface area contributed by atoms with Crippen molar-refractivity contribution in [1.82, 2.24) is 4.98 Å². The summed E-state index contributed by atoms with van der Waals surface area (Å²) in [5.74, 6) is 1.24. The second-order valence-electron chi connectivity index (χ2n) is 11.5. The van der Waals surface area contributed by atoms with Crippen molar-refractivity contribution < 1.29 is 0 Å². The number of anilines is 1. The monoisotopic (exact) mass is 500 g/mol. The molecule has 1 aliphatic carbocycles. The number of aromatic nitrogens is 1. The molecule has 0 aliphatic heterocycles. The van der Waals surface area contributed by atoms with Gasteiger partial charge in [0.2, 0.25) is 0 Å². The van der Waals surface area contributed by atoms with Gasteiger partial charge in [-0.2, -0.15) is 0 Å². The van der Waals surface area contributed by atoms with Crippen LogP contribution in [0.4, 0.5) is 5.69 Å². The lowest BCUT2D eigenvalue weighted by atomic mass is 9.88. The van der Waals surface area contributed by atoms with Gasteiger partial charge in [0.05, 0.1) is 17.4 Å². The number of fused-ring (bicyclic) bond motifs is 1. The molecule has 194 valence electrons. The van der Waals surface area contributed by atoms with Crippen molar-refractivity contribution in [3.05, 3.63) is 130 Å². The molecule has 0 amide bonds. The second kappa shape index (κ2) is 11.0. The van der Waals surface area contributed by atoms with Gasteiger partial charge in [0, 0.05) is 12.1 Å². The van der Waals surface area contributed by atoms with Crippen molar-refractivity contribution in [3.8, 4) is 0 Å². The number of rotatable bonds is 8. The largest absolute Gasteiger partial charge is 0.372 e. The quantitative estimate of drug-likeness (QED) is 0.260. The van der Waals surface area contributed by atoms with E-state index < -0.39 is 0 Å². The van der Waals surface area contributed by atoms with Crippen LogP contribution in [0.5, 0.6) is 0 Å². The highest BCUT2D eigenvalue weighted by Crippen LogP contribution is 2.39. The second-order valence-corrected chi connectivity index (χ2v) is 11.5.